The number of carbonyl (C=O) groups is 2. The number of hydrogen-bond donors (Lipinski definition) is 2. The van der Waals surface area contributed by atoms with Crippen LogP contribution in [0.25, 0.3) is 10.9 Å². The molecule has 1 aromatic carbocycles. The first kappa shape index (κ1) is 24.2. The number of nitrogens with one attached hydrogen (secondary N) is 2. The molecule has 0 bridgehead atoms. The fraction of sp³-hybridized carbons (Fsp3) is 0.375. The molecule has 1 fully saturated rings. The molecule has 1 amide bonds. The van der Waals surface area contributed by atoms with E-state index in [1.165, 1.54) is 0 Å². The van der Waals surface area contributed by atoms with Gasteiger partial charge in [-0.05, 0) is 38.8 Å². The van der Waals surface area contributed by atoms with Crippen molar-refractivity contribution in [1.82, 2.24) is 15.3 Å². The van der Waals surface area contributed by atoms with Crippen molar-refractivity contribution in [2.24, 2.45) is 0 Å². The van der Waals surface area contributed by atoms with Crippen LogP contribution in [0.3, 0.4) is 0 Å². The van der Waals surface area contributed by atoms with Crippen molar-refractivity contribution in [2.75, 3.05) is 31.7 Å². The Labute approximate surface area is 207 Å². The molecule has 1 aliphatic rings. The third kappa shape index (κ3) is 4.65. The quantitative estimate of drug-likeness (QED) is 0.469. The Balaban J connectivity index is 1.55. The summed E-state index contributed by atoms with van der Waals surface area (Å²) in [6.07, 6.45) is 1.44. The first-order valence-electron chi connectivity index (χ1n) is 11.1. The smallest absolute Gasteiger partial charge is 0.357 e. The number of esters is 1. The van der Waals surface area contributed by atoms with Crippen LogP contribution in [0.2, 0.25) is 10.0 Å². The second kappa shape index (κ2) is 10.1. The van der Waals surface area contributed by atoms with Gasteiger partial charge in [0.05, 0.1) is 23.8 Å². The van der Waals surface area contributed by atoms with E-state index >= 15 is 0 Å². The number of rotatable bonds is 6. The van der Waals surface area contributed by atoms with Gasteiger partial charge in [0.25, 0.3) is 5.91 Å². The van der Waals surface area contributed by atoms with Crippen LogP contribution in [0, 0.1) is 6.92 Å². The van der Waals surface area contributed by atoms with Crippen molar-refractivity contribution in [2.45, 2.75) is 32.7 Å². The highest BCUT2D eigenvalue weighted by Gasteiger charge is 2.26. The Bertz CT molecular complexity index is 1240. The van der Waals surface area contributed by atoms with Crippen molar-refractivity contribution in [1.29, 1.82) is 0 Å². The summed E-state index contributed by atoms with van der Waals surface area (Å²) in [6, 6.07) is 7.42. The van der Waals surface area contributed by atoms with Gasteiger partial charge in [0.15, 0.2) is 5.69 Å². The number of aryl methyl sites for hydroxylation is 1. The summed E-state index contributed by atoms with van der Waals surface area (Å²) < 4.78 is 10.7. The first-order chi connectivity index (χ1) is 16.3. The number of para-hydroxylation sites is 1. The van der Waals surface area contributed by atoms with Gasteiger partial charge in [-0.1, -0.05) is 35.3 Å². The minimum Gasteiger partial charge on any atom is -0.494 e. The number of aromatic amines is 1. The minimum atomic E-state index is -0.476. The van der Waals surface area contributed by atoms with E-state index < -0.39 is 5.97 Å². The van der Waals surface area contributed by atoms with E-state index in [4.69, 9.17) is 32.7 Å². The molecule has 10 heteroatoms. The van der Waals surface area contributed by atoms with Crippen LogP contribution < -0.4 is 15.0 Å². The number of methoxy groups -OCH3 is 1. The number of nitrogens with zero attached hydrogens (tertiary/aromatic N) is 2. The van der Waals surface area contributed by atoms with E-state index in [0.717, 1.165) is 23.9 Å². The number of benzene rings is 1. The maximum Gasteiger partial charge on any atom is 0.357 e. The first-order valence-corrected chi connectivity index (χ1v) is 11.8. The molecular formula is C24H26Cl2N4O4. The fourth-order valence-electron chi connectivity index (χ4n) is 4.19. The summed E-state index contributed by atoms with van der Waals surface area (Å²) in [5.41, 5.74) is 2.65. The predicted octanol–water partition coefficient (Wildman–Crippen LogP) is 4.76. The number of H-pyrrole nitrogens is 1. The molecule has 8 nitrogen and oxygen atoms in total. The maximum absolute atomic E-state index is 12.7. The third-order valence-corrected chi connectivity index (χ3v) is 6.88. The van der Waals surface area contributed by atoms with Crippen LogP contribution in [-0.4, -0.2) is 54.7 Å². The summed E-state index contributed by atoms with van der Waals surface area (Å²) in [5, 5.41) is 4.53. The fourth-order valence-corrected chi connectivity index (χ4v) is 4.61. The number of piperidine rings is 1. The predicted molar refractivity (Wildman–Crippen MR) is 133 cm³/mol. The summed E-state index contributed by atoms with van der Waals surface area (Å²) in [6.45, 7) is 5.15. The van der Waals surface area contributed by atoms with Gasteiger partial charge < -0.3 is 24.7 Å². The number of amides is 1. The average molecular weight is 505 g/mol. The van der Waals surface area contributed by atoms with Crippen LogP contribution in [0.15, 0.2) is 24.3 Å². The molecule has 2 aromatic heterocycles. The molecule has 3 heterocycles. The number of hydrogen-bond acceptors (Lipinski definition) is 6. The molecule has 2 N–H and O–H groups in total. The molecule has 4 rings (SSSR count). The zero-order valence-corrected chi connectivity index (χ0v) is 20.7. The summed E-state index contributed by atoms with van der Waals surface area (Å²) in [7, 11) is 1.58. The zero-order valence-electron chi connectivity index (χ0n) is 19.2. The zero-order chi connectivity index (χ0) is 24.4. The van der Waals surface area contributed by atoms with Gasteiger partial charge in [-0.3, -0.25) is 4.79 Å². The van der Waals surface area contributed by atoms with Crippen molar-refractivity contribution in [3.8, 4) is 5.75 Å². The second-order valence-corrected chi connectivity index (χ2v) is 8.85. The molecule has 180 valence electrons. The lowest BCUT2D eigenvalue weighted by molar-refractivity contribution is 0.0519. The van der Waals surface area contributed by atoms with Crippen LogP contribution in [-0.2, 0) is 4.74 Å². The number of ether oxygens (including phenoxy) is 2. The summed E-state index contributed by atoms with van der Waals surface area (Å²) >= 11 is 12.3. The molecular weight excluding hydrogens is 479 g/mol. The number of anilines is 1. The van der Waals surface area contributed by atoms with Gasteiger partial charge in [0.1, 0.15) is 17.0 Å². The summed E-state index contributed by atoms with van der Waals surface area (Å²) in [5.74, 6) is -0.165. The van der Waals surface area contributed by atoms with Crippen molar-refractivity contribution in [3.05, 3.63) is 51.4 Å². The number of fused-ring (bicyclic) bond motifs is 1. The Morgan fingerprint density at radius 3 is 2.59 bits per heavy atom. The number of carbonyl (C=O) groups excluding carboxylic acids is 2. The molecule has 0 atom stereocenters. The molecule has 0 radical (unpaired) electrons. The van der Waals surface area contributed by atoms with Crippen molar-refractivity contribution >= 4 is 51.7 Å². The largest absolute Gasteiger partial charge is 0.494 e. The lowest BCUT2D eigenvalue weighted by Gasteiger charge is -2.34. The van der Waals surface area contributed by atoms with E-state index in [0.29, 0.717) is 35.1 Å². The highest BCUT2D eigenvalue weighted by Crippen LogP contribution is 2.34. The lowest BCUT2D eigenvalue weighted by Crippen LogP contribution is -2.45. The van der Waals surface area contributed by atoms with Gasteiger partial charge in [0, 0.05) is 35.9 Å². The number of halogens is 2. The van der Waals surface area contributed by atoms with Gasteiger partial charge in [-0.2, -0.15) is 0 Å². The molecule has 0 saturated carbocycles. The Kier molecular flexibility index (Phi) is 7.19. The Morgan fingerprint density at radius 1 is 1.24 bits per heavy atom. The van der Waals surface area contributed by atoms with Crippen LogP contribution in [0.4, 0.5) is 5.69 Å². The standard InChI is InChI=1S/C24H26Cl2N4O4/c1-4-34-24(32)16-12-17(15-6-5-7-18(33-3)21(15)29-16)30-10-8-14(9-11-30)28-23(31)22-20(26)19(25)13(2)27-22/h5-7,12,14,27H,4,8-11H2,1-3H3,(H,28,31). The van der Waals surface area contributed by atoms with E-state index in [2.05, 4.69) is 20.2 Å². The molecule has 1 aliphatic heterocycles. The van der Waals surface area contributed by atoms with E-state index in [1.54, 1.807) is 27.0 Å². The van der Waals surface area contributed by atoms with Gasteiger partial charge in [0.2, 0.25) is 0 Å². The van der Waals surface area contributed by atoms with Gasteiger partial charge in [-0.15, -0.1) is 0 Å². The maximum atomic E-state index is 12.7. The molecule has 1 saturated heterocycles. The lowest BCUT2D eigenvalue weighted by atomic mass is 10.0. The normalized spacial score (nSPS) is 14.3. The highest BCUT2D eigenvalue weighted by molar-refractivity contribution is 6.44. The topological polar surface area (TPSA) is 96.6 Å². The van der Waals surface area contributed by atoms with Crippen LogP contribution >= 0.6 is 23.2 Å². The van der Waals surface area contributed by atoms with E-state index in [1.807, 2.05) is 18.2 Å². The third-order valence-electron chi connectivity index (χ3n) is 5.94. The highest BCUT2D eigenvalue weighted by atomic mass is 35.5. The van der Waals surface area contributed by atoms with Crippen LogP contribution in [0.5, 0.6) is 5.75 Å². The molecule has 34 heavy (non-hydrogen) atoms. The molecule has 0 aliphatic carbocycles. The van der Waals surface area contributed by atoms with Gasteiger partial charge in [-0.25, -0.2) is 9.78 Å². The number of aromatic nitrogens is 2. The summed E-state index contributed by atoms with van der Waals surface area (Å²) in [4.78, 5) is 34.8. The van der Waals surface area contributed by atoms with Crippen molar-refractivity contribution in [3.63, 3.8) is 0 Å². The minimum absolute atomic E-state index is 0.0191. The average Bonchev–Trinajstić information content (AvgIpc) is 3.11. The van der Waals surface area contributed by atoms with E-state index in [-0.39, 0.29) is 35.0 Å². The molecule has 0 unspecified atom stereocenters. The Morgan fingerprint density at radius 2 is 1.97 bits per heavy atom. The second-order valence-electron chi connectivity index (χ2n) is 8.09. The number of pyridine rings is 1. The van der Waals surface area contributed by atoms with E-state index in [9.17, 15) is 9.59 Å². The molecule has 0 spiro atoms. The van der Waals surface area contributed by atoms with Crippen LogP contribution in [0.1, 0.15) is 46.4 Å². The van der Waals surface area contributed by atoms with Crippen molar-refractivity contribution < 1.29 is 19.1 Å². The Hall–Kier alpha value is -2.97. The SMILES string of the molecule is CCOC(=O)c1cc(N2CCC(NC(=O)c3[nH]c(C)c(Cl)c3Cl)CC2)c2cccc(OC)c2n1. The molecule has 3 aromatic rings. The van der Waals surface area contributed by atoms with Gasteiger partial charge >= 0.3 is 5.97 Å². The monoisotopic (exact) mass is 504 g/mol.